The summed E-state index contributed by atoms with van der Waals surface area (Å²) in [6.07, 6.45) is -3.87. The van der Waals surface area contributed by atoms with Crippen LogP contribution in [0, 0.1) is 0 Å². The van der Waals surface area contributed by atoms with E-state index in [4.69, 9.17) is 0 Å². The van der Waals surface area contributed by atoms with Crippen molar-refractivity contribution in [3.8, 4) is 0 Å². The van der Waals surface area contributed by atoms with E-state index in [2.05, 4.69) is 9.84 Å². The number of aryl methyl sites for hydroxylation is 1. The van der Waals surface area contributed by atoms with E-state index in [0.29, 0.717) is 0 Å². The van der Waals surface area contributed by atoms with E-state index in [1.165, 1.54) is 7.05 Å². The number of hydrogen-bond donors (Lipinski definition) is 0. The summed E-state index contributed by atoms with van der Waals surface area (Å²) < 4.78 is 42.0. The minimum absolute atomic E-state index is 0.720. The topological polar surface area (TPSA) is 44.1 Å². The summed E-state index contributed by atoms with van der Waals surface area (Å²) in [4.78, 5) is 10.9. The maximum absolute atomic E-state index is 12.3. The first-order valence-electron chi connectivity index (χ1n) is 3.55. The number of carbonyl (C=O) groups excluding carboxylic acids is 1. The molecule has 0 radical (unpaired) electrons. The highest BCUT2D eigenvalue weighted by molar-refractivity contribution is 5.88. The van der Waals surface area contributed by atoms with Gasteiger partial charge in [-0.15, -0.1) is 0 Å². The van der Waals surface area contributed by atoms with Crippen LogP contribution in [0.2, 0.25) is 0 Å². The molecule has 0 aliphatic rings. The minimum atomic E-state index is -4.60. The molecule has 0 saturated heterocycles. The van der Waals surface area contributed by atoms with Crippen LogP contribution >= 0.6 is 0 Å². The fourth-order valence-electron chi connectivity index (χ4n) is 0.943. The van der Waals surface area contributed by atoms with Crippen LogP contribution in [0.25, 0.3) is 0 Å². The Morgan fingerprint density at radius 1 is 1.57 bits per heavy atom. The van der Waals surface area contributed by atoms with E-state index in [1.54, 1.807) is 0 Å². The number of halogens is 3. The molecule has 0 bridgehead atoms. The molecule has 1 heterocycles. The number of ether oxygens (including phenoxy) is 1. The second kappa shape index (κ2) is 3.32. The Labute approximate surface area is 77.3 Å². The van der Waals surface area contributed by atoms with Gasteiger partial charge in [-0.25, -0.2) is 4.79 Å². The van der Waals surface area contributed by atoms with Crippen LogP contribution in [-0.2, 0) is 18.0 Å². The van der Waals surface area contributed by atoms with Gasteiger partial charge < -0.3 is 4.74 Å². The Bertz CT molecular complexity index is 356. The van der Waals surface area contributed by atoms with Gasteiger partial charge in [0, 0.05) is 13.2 Å². The van der Waals surface area contributed by atoms with E-state index < -0.39 is 23.4 Å². The van der Waals surface area contributed by atoms with Gasteiger partial charge in [-0.05, 0) is 0 Å². The molecule has 0 aromatic carbocycles. The van der Waals surface area contributed by atoms with Crippen LogP contribution in [0.3, 0.4) is 0 Å². The third kappa shape index (κ3) is 1.86. The summed E-state index contributed by atoms with van der Waals surface area (Å²) in [5.74, 6) is -1.10. The van der Waals surface area contributed by atoms with Crippen molar-refractivity contribution in [2.45, 2.75) is 6.18 Å². The Hall–Kier alpha value is -1.53. The van der Waals surface area contributed by atoms with Crippen LogP contribution in [0.1, 0.15) is 16.1 Å². The van der Waals surface area contributed by atoms with E-state index in [1.807, 2.05) is 0 Å². The van der Waals surface area contributed by atoms with Crippen molar-refractivity contribution in [3.05, 3.63) is 17.5 Å². The summed E-state index contributed by atoms with van der Waals surface area (Å²) in [6.45, 7) is 0. The standard InChI is InChI=1S/C7H7F3N2O2/c1-12-3-4(7(8,9)10)5(11-12)6(13)14-2/h3H,1-2H3. The maximum atomic E-state index is 12.3. The zero-order chi connectivity index (χ0) is 10.9. The summed E-state index contributed by atoms with van der Waals surface area (Å²) in [5.41, 5.74) is -1.81. The first-order valence-corrected chi connectivity index (χ1v) is 3.55. The lowest BCUT2D eigenvalue weighted by Crippen LogP contribution is -2.12. The first-order chi connectivity index (χ1) is 6.36. The quantitative estimate of drug-likeness (QED) is 0.652. The lowest BCUT2D eigenvalue weighted by atomic mass is 10.2. The summed E-state index contributed by atoms with van der Waals surface area (Å²) in [5, 5.41) is 3.37. The van der Waals surface area contributed by atoms with Crippen LogP contribution in [0.5, 0.6) is 0 Å². The Balaban J connectivity index is 3.23. The third-order valence-electron chi connectivity index (χ3n) is 1.51. The molecule has 0 amide bonds. The Morgan fingerprint density at radius 3 is 2.57 bits per heavy atom. The number of rotatable bonds is 1. The molecular weight excluding hydrogens is 201 g/mol. The largest absolute Gasteiger partial charge is 0.464 e. The molecule has 4 nitrogen and oxygen atoms in total. The molecule has 0 aliphatic heterocycles. The number of esters is 1. The molecule has 0 spiro atoms. The summed E-state index contributed by atoms with van der Waals surface area (Å²) in [6, 6.07) is 0. The zero-order valence-electron chi connectivity index (χ0n) is 7.42. The van der Waals surface area contributed by atoms with Gasteiger partial charge in [0.1, 0.15) is 5.56 Å². The smallest absolute Gasteiger partial charge is 0.420 e. The highest BCUT2D eigenvalue weighted by Crippen LogP contribution is 2.31. The fraction of sp³-hybridized carbons (Fsp3) is 0.429. The molecular formula is C7H7F3N2O2. The van der Waals surface area contributed by atoms with Crippen LogP contribution in [0.15, 0.2) is 6.20 Å². The molecule has 1 rings (SSSR count). The predicted octanol–water partition coefficient (Wildman–Crippen LogP) is 1.23. The van der Waals surface area contributed by atoms with E-state index in [-0.39, 0.29) is 0 Å². The van der Waals surface area contributed by atoms with Gasteiger partial charge in [0.05, 0.1) is 7.11 Å². The number of alkyl halides is 3. The van der Waals surface area contributed by atoms with Crippen molar-refractivity contribution in [2.75, 3.05) is 7.11 Å². The second-order valence-corrected chi connectivity index (χ2v) is 2.55. The van der Waals surface area contributed by atoms with Crippen molar-refractivity contribution in [1.82, 2.24) is 9.78 Å². The van der Waals surface area contributed by atoms with E-state index >= 15 is 0 Å². The van der Waals surface area contributed by atoms with Gasteiger partial charge >= 0.3 is 12.1 Å². The van der Waals surface area contributed by atoms with Gasteiger partial charge in [0.15, 0.2) is 5.69 Å². The predicted molar refractivity (Wildman–Crippen MR) is 39.5 cm³/mol. The highest BCUT2D eigenvalue weighted by Gasteiger charge is 2.38. The molecule has 0 N–H and O–H groups in total. The van der Waals surface area contributed by atoms with E-state index in [0.717, 1.165) is 18.0 Å². The van der Waals surface area contributed by atoms with Crippen LogP contribution < -0.4 is 0 Å². The van der Waals surface area contributed by atoms with Crippen molar-refractivity contribution in [2.24, 2.45) is 7.05 Å². The minimum Gasteiger partial charge on any atom is -0.464 e. The fourth-order valence-corrected chi connectivity index (χ4v) is 0.943. The van der Waals surface area contributed by atoms with Crippen molar-refractivity contribution < 1.29 is 22.7 Å². The Kier molecular flexibility index (Phi) is 2.50. The maximum Gasteiger partial charge on any atom is 0.420 e. The molecule has 14 heavy (non-hydrogen) atoms. The number of hydrogen-bond acceptors (Lipinski definition) is 3. The molecule has 0 fully saturated rings. The molecule has 0 saturated carbocycles. The van der Waals surface area contributed by atoms with Gasteiger partial charge in [0.2, 0.25) is 0 Å². The lowest BCUT2D eigenvalue weighted by molar-refractivity contribution is -0.138. The number of carbonyl (C=O) groups is 1. The first kappa shape index (κ1) is 10.6. The Morgan fingerprint density at radius 2 is 2.14 bits per heavy atom. The van der Waals surface area contributed by atoms with E-state index in [9.17, 15) is 18.0 Å². The average molecular weight is 208 g/mol. The average Bonchev–Trinajstić information content (AvgIpc) is 2.45. The molecule has 78 valence electrons. The van der Waals surface area contributed by atoms with Crippen molar-refractivity contribution in [3.63, 3.8) is 0 Å². The van der Waals surface area contributed by atoms with Crippen molar-refractivity contribution in [1.29, 1.82) is 0 Å². The van der Waals surface area contributed by atoms with Crippen LogP contribution in [0.4, 0.5) is 13.2 Å². The SMILES string of the molecule is COC(=O)c1nn(C)cc1C(F)(F)F. The highest BCUT2D eigenvalue weighted by atomic mass is 19.4. The molecule has 7 heteroatoms. The van der Waals surface area contributed by atoms with Crippen LogP contribution in [-0.4, -0.2) is 22.9 Å². The monoisotopic (exact) mass is 208 g/mol. The number of aromatic nitrogens is 2. The third-order valence-corrected chi connectivity index (χ3v) is 1.51. The lowest BCUT2D eigenvalue weighted by Gasteiger charge is -2.03. The van der Waals surface area contributed by atoms with Gasteiger partial charge in [0.25, 0.3) is 0 Å². The zero-order valence-corrected chi connectivity index (χ0v) is 7.42. The molecule has 0 unspecified atom stereocenters. The summed E-state index contributed by atoms with van der Waals surface area (Å²) >= 11 is 0. The normalized spacial score (nSPS) is 11.5. The van der Waals surface area contributed by atoms with Gasteiger partial charge in [-0.3, -0.25) is 4.68 Å². The van der Waals surface area contributed by atoms with Gasteiger partial charge in [-0.2, -0.15) is 18.3 Å². The number of methoxy groups -OCH3 is 1. The summed E-state index contributed by atoms with van der Waals surface area (Å²) in [7, 11) is 2.29. The van der Waals surface area contributed by atoms with Crippen molar-refractivity contribution >= 4 is 5.97 Å². The molecule has 1 aromatic rings. The van der Waals surface area contributed by atoms with Gasteiger partial charge in [-0.1, -0.05) is 0 Å². The molecule has 0 atom stereocenters. The molecule has 1 aromatic heterocycles. The number of nitrogens with zero attached hydrogens (tertiary/aromatic N) is 2. The second-order valence-electron chi connectivity index (χ2n) is 2.55. The molecule has 0 aliphatic carbocycles.